The molecule has 4 heteroatoms. The van der Waals surface area contributed by atoms with E-state index in [1.165, 1.54) is 0 Å². The molecular weight excluding hydrogens is 206 g/mol. The normalized spacial score (nSPS) is 18.9. The molecule has 1 amide bonds. The second kappa shape index (κ2) is 5.87. The summed E-state index contributed by atoms with van der Waals surface area (Å²) in [6.07, 6.45) is 3.16. The predicted molar refractivity (Wildman–Crippen MR) is 61.0 cm³/mol. The Hall–Kier alpha value is -1.06. The van der Waals surface area contributed by atoms with Crippen LogP contribution in [0.1, 0.15) is 39.5 Å². The van der Waals surface area contributed by atoms with Crippen LogP contribution in [-0.4, -0.2) is 35.0 Å². The number of nitrogens with zero attached hydrogens (tertiary/aromatic N) is 1. The number of carboxylic acids is 1. The zero-order valence-electron chi connectivity index (χ0n) is 10.1. The van der Waals surface area contributed by atoms with Crippen molar-refractivity contribution in [1.29, 1.82) is 0 Å². The zero-order valence-corrected chi connectivity index (χ0v) is 10.1. The average molecular weight is 227 g/mol. The van der Waals surface area contributed by atoms with E-state index < -0.39 is 11.9 Å². The predicted octanol–water partition coefficient (Wildman–Crippen LogP) is 1.75. The molecule has 1 aliphatic heterocycles. The van der Waals surface area contributed by atoms with E-state index in [1.54, 1.807) is 4.90 Å². The Balaban J connectivity index is 2.52. The standard InChI is InChI=1S/C12H21NO3/c1-9(2)7-10(12(15)16)8-13-6-4-3-5-11(13)14/h9-10H,3-8H2,1-2H3,(H,15,16). The summed E-state index contributed by atoms with van der Waals surface area (Å²) in [6.45, 7) is 5.12. The number of piperidine rings is 1. The van der Waals surface area contributed by atoms with Gasteiger partial charge in [-0.25, -0.2) is 0 Å². The molecule has 0 spiro atoms. The maximum atomic E-state index is 11.6. The molecule has 1 heterocycles. The van der Waals surface area contributed by atoms with Crippen LogP contribution in [0, 0.1) is 11.8 Å². The van der Waals surface area contributed by atoms with Crippen molar-refractivity contribution >= 4 is 11.9 Å². The van der Waals surface area contributed by atoms with Gasteiger partial charge >= 0.3 is 5.97 Å². The second-order valence-corrected chi connectivity index (χ2v) is 4.96. The van der Waals surface area contributed by atoms with Crippen LogP contribution in [0.25, 0.3) is 0 Å². The van der Waals surface area contributed by atoms with Crippen molar-refractivity contribution in [2.24, 2.45) is 11.8 Å². The largest absolute Gasteiger partial charge is 0.481 e. The van der Waals surface area contributed by atoms with Crippen LogP contribution >= 0.6 is 0 Å². The first-order chi connectivity index (χ1) is 7.50. The van der Waals surface area contributed by atoms with Crippen LogP contribution in [-0.2, 0) is 9.59 Å². The van der Waals surface area contributed by atoms with E-state index in [0.717, 1.165) is 19.4 Å². The molecule has 1 N–H and O–H groups in total. The molecule has 92 valence electrons. The highest BCUT2D eigenvalue weighted by molar-refractivity contribution is 5.78. The first kappa shape index (κ1) is 13.0. The fraction of sp³-hybridized carbons (Fsp3) is 0.833. The number of likely N-dealkylation sites (tertiary alicyclic amines) is 1. The van der Waals surface area contributed by atoms with E-state index >= 15 is 0 Å². The van der Waals surface area contributed by atoms with Crippen molar-refractivity contribution in [3.63, 3.8) is 0 Å². The van der Waals surface area contributed by atoms with Crippen LogP contribution < -0.4 is 0 Å². The molecule has 1 unspecified atom stereocenters. The van der Waals surface area contributed by atoms with Crippen LogP contribution in [0.15, 0.2) is 0 Å². The number of carbonyl (C=O) groups excluding carboxylic acids is 1. The minimum absolute atomic E-state index is 0.112. The Morgan fingerprint density at radius 1 is 1.44 bits per heavy atom. The van der Waals surface area contributed by atoms with Crippen LogP contribution in [0.2, 0.25) is 0 Å². The van der Waals surface area contributed by atoms with Gasteiger partial charge < -0.3 is 10.0 Å². The molecule has 1 atom stereocenters. The molecule has 0 aromatic heterocycles. The van der Waals surface area contributed by atoms with Crippen molar-refractivity contribution in [2.75, 3.05) is 13.1 Å². The minimum atomic E-state index is -0.785. The van der Waals surface area contributed by atoms with E-state index in [0.29, 0.717) is 25.3 Å². The molecule has 1 rings (SSSR count). The first-order valence-corrected chi connectivity index (χ1v) is 6.01. The summed E-state index contributed by atoms with van der Waals surface area (Å²) >= 11 is 0. The Labute approximate surface area is 96.6 Å². The molecule has 0 radical (unpaired) electrons. The number of carbonyl (C=O) groups is 2. The van der Waals surface area contributed by atoms with Gasteiger partial charge in [0.25, 0.3) is 0 Å². The van der Waals surface area contributed by atoms with E-state index in [1.807, 2.05) is 13.8 Å². The Kier molecular flexibility index (Phi) is 4.77. The summed E-state index contributed by atoms with van der Waals surface area (Å²) in [5, 5.41) is 9.10. The SMILES string of the molecule is CC(C)CC(CN1CCCCC1=O)C(=O)O. The Morgan fingerprint density at radius 3 is 2.62 bits per heavy atom. The molecule has 1 aliphatic rings. The second-order valence-electron chi connectivity index (χ2n) is 4.96. The van der Waals surface area contributed by atoms with Gasteiger partial charge in [-0.2, -0.15) is 0 Å². The number of carboxylic acid groups (broad SMARTS) is 1. The lowest BCUT2D eigenvalue weighted by Gasteiger charge is -2.29. The van der Waals surface area contributed by atoms with Crippen LogP contribution in [0.4, 0.5) is 0 Å². The average Bonchev–Trinajstić information content (AvgIpc) is 2.19. The lowest BCUT2D eigenvalue weighted by molar-refractivity contribution is -0.144. The molecule has 1 saturated heterocycles. The number of amides is 1. The van der Waals surface area contributed by atoms with E-state index in [9.17, 15) is 9.59 Å². The van der Waals surface area contributed by atoms with Gasteiger partial charge in [-0.1, -0.05) is 13.8 Å². The molecule has 1 fully saturated rings. The zero-order chi connectivity index (χ0) is 12.1. The van der Waals surface area contributed by atoms with E-state index in [4.69, 9.17) is 5.11 Å². The quantitative estimate of drug-likeness (QED) is 0.778. The summed E-state index contributed by atoms with van der Waals surface area (Å²) < 4.78 is 0. The molecule has 16 heavy (non-hydrogen) atoms. The maximum Gasteiger partial charge on any atom is 0.308 e. The number of aliphatic carboxylic acids is 1. The third-order valence-corrected chi connectivity index (χ3v) is 2.97. The Morgan fingerprint density at radius 2 is 2.12 bits per heavy atom. The van der Waals surface area contributed by atoms with E-state index in [-0.39, 0.29) is 5.91 Å². The summed E-state index contributed by atoms with van der Waals surface area (Å²) in [6, 6.07) is 0. The monoisotopic (exact) mass is 227 g/mol. The summed E-state index contributed by atoms with van der Waals surface area (Å²) in [5.74, 6) is -0.739. The number of hydrogen-bond donors (Lipinski definition) is 1. The fourth-order valence-corrected chi connectivity index (χ4v) is 2.14. The molecule has 0 aliphatic carbocycles. The van der Waals surface area contributed by atoms with Gasteiger partial charge in [-0.05, 0) is 25.2 Å². The maximum absolute atomic E-state index is 11.6. The van der Waals surface area contributed by atoms with Gasteiger partial charge in [0.1, 0.15) is 0 Å². The minimum Gasteiger partial charge on any atom is -0.481 e. The van der Waals surface area contributed by atoms with Gasteiger partial charge in [0.2, 0.25) is 5.91 Å². The smallest absolute Gasteiger partial charge is 0.308 e. The molecule has 0 aromatic carbocycles. The van der Waals surface area contributed by atoms with Gasteiger partial charge in [0.05, 0.1) is 5.92 Å². The van der Waals surface area contributed by atoms with Gasteiger partial charge in [-0.3, -0.25) is 9.59 Å². The Bertz CT molecular complexity index is 263. The topological polar surface area (TPSA) is 57.6 Å². The highest BCUT2D eigenvalue weighted by Crippen LogP contribution is 2.17. The molecule has 0 bridgehead atoms. The lowest BCUT2D eigenvalue weighted by Crippen LogP contribution is -2.41. The number of rotatable bonds is 5. The third-order valence-electron chi connectivity index (χ3n) is 2.97. The van der Waals surface area contributed by atoms with Crippen molar-refractivity contribution in [3.8, 4) is 0 Å². The fourth-order valence-electron chi connectivity index (χ4n) is 2.14. The summed E-state index contributed by atoms with van der Waals surface area (Å²) in [4.78, 5) is 24.4. The highest BCUT2D eigenvalue weighted by atomic mass is 16.4. The van der Waals surface area contributed by atoms with E-state index in [2.05, 4.69) is 0 Å². The van der Waals surface area contributed by atoms with Crippen molar-refractivity contribution in [1.82, 2.24) is 4.90 Å². The molecule has 0 aromatic rings. The lowest BCUT2D eigenvalue weighted by atomic mass is 9.96. The first-order valence-electron chi connectivity index (χ1n) is 6.01. The van der Waals surface area contributed by atoms with Gasteiger partial charge in [0.15, 0.2) is 0 Å². The van der Waals surface area contributed by atoms with Gasteiger partial charge in [0, 0.05) is 19.5 Å². The van der Waals surface area contributed by atoms with Crippen molar-refractivity contribution < 1.29 is 14.7 Å². The molecular formula is C12H21NO3. The molecule has 0 saturated carbocycles. The van der Waals surface area contributed by atoms with Crippen LogP contribution in [0.3, 0.4) is 0 Å². The molecule has 4 nitrogen and oxygen atoms in total. The highest BCUT2D eigenvalue weighted by Gasteiger charge is 2.26. The van der Waals surface area contributed by atoms with Gasteiger partial charge in [-0.15, -0.1) is 0 Å². The van der Waals surface area contributed by atoms with Crippen molar-refractivity contribution in [3.05, 3.63) is 0 Å². The van der Waals surface area contributed by atoms with Crippen LogP contribution in [0.5, 0.6) is 0 Å². The van der Waals surface area contributed by atoms with Crippen molar-refractivity contribution in [2.45, 2.75) is 39.5 Å². The summed E-state index contributed by atoms with van der Waals surface area (Å²) in [7, 11) is 0. The third kappa shape index (κ3) is 3.83. The summed E-state index contributed by atoms with van der Waals surface area (Å²) in [5.41, 5.74) is 0. The number of hydrogen-bond acceptors (Lipinski definition) is 2.